The number of carbonyl (C=O) groups excluding carboxylic acids is 3. The summed E-state index contributed by atoms with van der Waals surface area (Å²) in [4.78, 5) is 38.7. The first kappa shape index (κ1) is 35.0. The normalized spacial score (nSPS) is 11.7. The van der Waals surface area contributed by atoms with Gasteiger partial charge in [-0.3, -0.25) is 4.79 Å². The fourth-order valence-corrected chi connectivity index (χ4v) is 5.09. The summed E-state index contributed by atoms with van der Waals surface area (Å²) in [5.74, 6) is 0.0426. The summed E-state index contributed by atoms with van der Waals surface area (Å²) >= 11 is 6.46. The minimum absolute atomic E-state index is 0.218. The average molecular weight is 657 g/mol. The summed E-state index contributed by atoms with van der Waals surface area (Å²) < 4.78 is 17.0. The van der Waals surface area contributed by atoms with Crippen LogP contribution in [0, 0.1) is 0 Å². The Balaban J connectivity index is 1.72. The summed E-state index contributed by atoms with van der Waals surface area (Å²) in [6.45, 7) is 9.54. The van der Waals surface area contributed by atoms with E-state index in [-0.39, 0.29) is 13.2 Å². The summed E-state index contributed by atoms with van der Waals surface area (Å²) in [6, 6.07) is 27.1. The van der Waals surface area contributed by atoms with E-state index in [1.807, 2.05) is 67.6 Å². The maximum absolute atomic E-state index is 13.8. The molecule has 0 fully saturated rings. The maximum atomic E-state index is 13.8. The second-order valence-electron chi connectivity index (χ2n) is 11.9. The number of amides is 2. The number of esters is 1. The van der Waals surface area contributed by atoms with E-state index in [1.165, 1.54) is 0 Å². The third-order valence-electron chi connectivity index (χ3n) is 7.02. The van der Waals surface area contributed by atoms with E-state index >= 15 is 0 Å². The average Bonchev–Trinajstić information content (AvgIpc) is 3.03. The van der Waals surface area contributed by atoms with Crippen LogP contribution in [0.3, 0.4) is 0 Å². The smallest absolute Gasteiger partial charge is 0.407 e. The lowest BCUT2D eigenvalue weighted by Crippen LogP contribution is -2.42. The minimum atomic E-state index is -0.785. The SMILES string of the molecule is CCCC(NC(=O)c1ccc(-c2ccccc2)cc1-c1ccc(Cl)cc1Oc1cccc(CNC(=O)OC(C)(C)C)c1)C(=O)OCC. The molecule has 0 aliphatic carbocycles. The van der Waals surface area contributed by atoms with E-state index < -0.39 is 29.6 Å². The third kappa shape index (κ3) is 10.1. The van der Waals surface area contributed by atoms with Crippen LogP contribution in [0.2, 0.25) is 5.02 Å². The summed E-state index contributed by atoms with van der Waals surface area (Å²) in [5.41, 5.74) is 3.62. The number of nitrogens with one attached hydrogen (secondary N) is 2. The number of ether oxygens (including phenoxy) is 3. The Morgan fingerprint density at radius 2 is 1.60 bits per heavy atom. The van der Waals surface area contributed by atoms with Crippen molar-refractivity contribution >= 4 is 29.6 Å². The predicted molar refractivity (Wildman–Crippen MR) is 185 cm³/mol. The van der Waals surface area contributed by atoms with E-state index in [0.29, 0.717) is 46.1 Å². The van der Waals surface area contributed by atoms with Crippen molar-refractivity contribution in [1.29, 1.82) is 0 Å². The van der Waals surface area contributed by atoms with Crippen LogP contribution in [0.4, 0.5) is 4.79 Å². The summed E-state index contributed by atoms with van der Waals surface area (Å²) in [5, 5.41) is 6.09. The molecule has 0 radical (unpaired) electrons. The highest BCUT2D eigenvalue weighted by Gasteiger charge is 2.25. The second-order valence-corrected chi connectivity index (χ2v) is 12.4. The summed E-state index contributed by atoms with van der Waals surface area (Å²) in [7, 11) is 0. The molecule has 4 rings (SSSR count). The van der Waals surface area contributed by atoms with Crippen LogP contribution in [0.25, 0.3) is 22.3 Å². The largest absolute Gasteiger partial charge is 0.464 e. The van der Waals surface area contributed by atoms with Crippen molar-refractivity contribution < 1.29 is 28.6 Å². The highest BCUT2D eigenvalue weighted by molar-refractivity contribution is 6.30. The maximum Gasteiger partial charge on any atom is 0.407 e. The molecule has 0 spiro atoms. The number of halogens is 1. The number of benzene rings is 4. The lowest BCUT2D eigenvalue weighted by Gasteiger charge is -2.20. The Morgan fingerprint density at radius 3 is 2.30 bits per heavy atom. The van der Waals surface area contributed by atoms with Crippen LogP contribution in [0.5, 0.6) is 11.5 Å². The molecule has 0 aliphatic heterocycles. The van der Waals surface area contributed by atoms with E-state index in [4.69, 9.17) is 25.8 Å². The molecule has 0 aromatic heterocycles. The first-order valence-corrected chi connectivity index (χ1v) is 16.1. The lowest BCUT2D eigenvalue weighted by molar-refractivity contribution is -0.145. The predicted octanol–water partition coefficient (Wildman–Crippen LogP) is 8.95. The first-order chi connectivity index (χ1) is 22.5. The van der Waals surface area contributed by atoms with Crippen molar-refractivity contribution in [2.24, 2.45) is 0 Å². The van der Waals surface area contributed by atoms with Gasteiger partial charge in [0.1, 0.15) is 23.1 Å². The zero-order valence-corrected chi connectivity index (χ0v) is 28.1. The highest BCUT2D eigenvalue weighted by atomic mass is 35.5. The van der Waals surface area contributed by atoms with E-state index in [2.05, 4.69) is 10.6 Å². The topological polar surface area (TPSA) is 103 Å². The molecule has 246 valence electrons. The van der Waals surface area contributed by atoms with Crippen molar-refractivity contribution in [2.45, 2.75) is 65.6 Å². The van der Waals surface area contributed by atoms with Crippen molar-refractivity contribution in [2.75, 3.05) is 6.61 Å². The minimum Gasteiger partial charge on any atom is -0.464 e. The van der Waals surface area contributed by atoms with Crippen molar-refractivity contribution in [3.8, 4) is 33.8 Å². The summed E-state index contributed by atoms with van der Waals surface area (Å²) in [6.07, 6.45) is 0.607. The van der Waals surface area contributed by atoms with Crippen LogP contribution >= 0.6 is 11.6 Å². The molecule has 0 saturated heterocycles. The van der Waals surface area contributed by atoms with Gasteiger partial charge < -0.3 is 24.8 Å². The Bertz CT molecular complexity index is 1700. The van der Waals surface area contributed by atoms with E-state index in [0.717, 1.165) is 16.7 Å². The van der Waals surface area contributed by atoms with Gasteiger partial charge in [0.25, 0.3) is 5.91 Å². The van der Waals surface area contributed by atoms with Gasteiger partial charge in [0, 0.05) is 28.8 Å². The number of rotatable bonds is 12. The van der Waals surface area contributed by atoms with Gasteiger partial charge in [-0.2, -0.15) is 0 Å². The molecule has 4 aromatic rings. The molecule has 1 atom stereocenters. The highest BCUT2D eigenvalue weighted by Crippen LogP contribution is 2.39. The standard InChI is InChI=1S/C38H41ClN2O6/c1-6-12-33(36(43)45-7-2)41-35(42)31-19-17-27(26-14-9-8-10-15-26)22-32(31)30-20-18-28(39)23-34(30)46-29-16-11-13-25(21-29)24-40-37(44)47-38(3,4)5/h8-11,13-23,33H,6-7,12,24H2,1-5H3,(H,40,44)(H,41,42). The number of alkyl carbamates (subject to hydrolysis) is 1. The monoisotopic (exact) mass is 656 g/mol. The van der Waals surface area contributed by atoms with Crippen LogP contribution in [0.15, 0.2) is 91.0 Å². The molecule has 8 nitrogen and oxygen atoms in total. The van der Waals surface area contributed by atoms with Crippen LogP contribution in [-0.2, 0) is 20.8 Å². The Morgan fingerprint density at radius 1 is 0.830 bits per heavy atom. The third-order valence-corrected chi connectivity index (χ3v) is 7.26. The molecule has 47 heavy (non-hydrogen) atoms. The van der Waals surface area contributed by atoms with Gasteiger partial charge in [-0.25, -0.2) is 9.59 Å². The van der Waals surface area contributed by atoms with Crippen LogP contribution < -0.4 is 15.4 Å². The molecular formula is C38H41ClN2O6. The zero-order valence-electron chi connectivity index (χ0n) is 27.4. The molecule has 2 amide bonds. The van der Waals surface area contributed by atoms with E-state index in [1.54, 1.807) is 58.0 Å². The van der Waals surface area contributed by atoms with Crippen LogP contribution in [-0.4, -0.2) is 36.2 Å². The number of hydrogen-bond donors (Lipinski definition) is 2. The van der Waals surface area contributed by atoms with E-state index in [9.17, 15) is 14.4 Å². The van der Waals surface area contributed by atoms with Gasteiger partial charge in [0.2, 0.25) is 0 Å². The molecule has 1 unspecified atom stereocenters. The van der Waals surface area contributed by atoms with Gasteiger partial charge in [-0.1, -0.05) is 73.5 Å². The lowest BCUT2D eigenvalue weighted by atomic mass is 9.93. The number of carbonyl (C=O) groups is 3. The zero-order chi connectivity index (χ0) is 34.0. The van der Waals surface area contributed by atoms with Gasteiger partial charge in [-0.05, 0) is 92.8 Å². The molecular weight excluding hydrogens is 616 g/mol. The molecule has 2 N–H and O–H groups in total. The quantitative estimate of drug-likeness (QED) is 0.148. The number of hydrogen-bond acceptors (Lipinski definition) is 6. The van der Waals surface area contributed by atoms with Gasteiger partial charge >= 0.3 is 12.1 Å². The van der Waals surface area contributed by atoms with Crippen molar-refractivity contribution in [3.05, 3.63) is 107 Å². The second kappa shape index (κ2) is 16.1. The van der Waals surface area contributed by atoms with Gasteiger partial charge in [-0.15, -0.1) is 0 Å². The molecule has 4 aromatic carbocycles. The Labute approximate surface area is 281 Å². The molecule has 0 saturated carbocycles. The molecule has 0 aliphatic rings. The van der Waals surface area contributed by atoms with Gasteiger partial charge in [0.15, 0.2) is 0 Å². The molecule has 0 heterocycles. The Hall–Kier alpha value is -4.82. The molecule has 9 heteroatoms. The fourth-order valence-electron chi connectivity index (χ4n) is 4.93. The van der Waals surface area contributed by atoms with Crippen LogP contribution in [0.1, 0.15) is 63.4 Å². The van der Waals surface area contributed by atoms with Crippen molar-refractivity contribution in [1.82, 2.24) is 10.6 Å². The Kier molecular flexibility index (Phi) is 12.0. The first-order valence-electron chi connectivity index (χ1n) is 15.7. The molecule has 0 bridgehead atoms. The van der Waals surface area contributed by atoms with Crippen molar-refractivity contribution in [3.63, 3.8) is 0 Å². The van der Waals surface area contributed by atoms with Gasteiger partial charge in [0.05, 0.1) is 6.61 Å². The fraction of sp³-hybridized carbons (Fsp3) is 0.289.